The summed E-state index contributed by atoms with van der Waals surface area (Å²) in [6, 6.07) is 9.51. The number of nitrogens with one attached hydrogen (secondary N) is 1. The minimum absolute atomic E-state index is 0.0435. The van der Waals surface area contributed by atoms with Gasteiger partial charge in [-0.25, -0.2) is 0 Å². The van der Waals surface area contributed by atoms with Crippen LogP contribution in [0.1, 0.15) is 6.42 Å². The van der Waals surface area contributed by atoms with Crippen LogP contribution in [0.2, 0.25) is 0 Å². The summed E-state index contributed by atoms with van der Waals surface area (Å²) < 4.78 is 5.49. The van der Waals surface area contributed by atoms with Crippen LogP contribution in [0.4, 0.5) is 5.69 Å². The Hall–Kier alpha value is -1.43. The molecule has 1 aliphatic heterocycles. The topological polar surface area (TPSA) is 67.6 Å². The number of amides is 1. The third kappa shape index (κ3) is 4.63. The average molecular weight is 263 g/mol. The zero-order valence-electron chi connectivity index (χ0n) is 11.0. The fourth-order valence-corrected chi connectivity index (χ4v) is 2.13. The van der Waals surface area contributed by atoms with Crippen molar-refractivity contribution in [2.45, 2.75) is 12.5 Å². The lowest BCUT2D eigenvalue weighted by molar-refractivity contribution is -0.117. The summed E-state index contributed by atoms with van der Waals surface area (Å²) in [5.74, 6) is 0.0435. The number of ether oxygens (including phenoxy) is 1. The number of carbonyl (C=O) groups excluding carboxylic acids is 1. The molecule has 5 heteroatoms. The van der Waals surface area contributed by atoms with Gasteiger partial charge in [-0.3, -0.25) is 9.69 Å². The molecule has 1 unspecified atom stereocenters. The number of carbonyl (C=O) groups is 1. The van der Waals surface area contributed by atoms with Crippen LogP contribution in [0.3, 0.4) is 0 Å². The highest BCUT2D eigenvalue weighted by Crippen LogP contribution is 2.07. The molecule has 1 fully saturated rings. The largest absolute Gasteiger partial charge is 0.374 e. The molecule has 1 heterocycles. The molecule has 0 radical (unpaired) electrons. The molecule has 0 saturated carbocycles. The van der Waals surface area contributed by atoms with Crippen LogP contribution in [0.5, 0.6) is 0 Å². The number of benzene rings is 1. The lowest BCUT2D eigenvalue weighted by Gasteiger charge is -2.32. The monoisotopic (exact) mass is 263 g/mol. The quantitative estimate of drug-likeness (QED) is 0.819. The number of hydrogen-bond donors (Lipinski definition) is 2. The first kappa shape index (κ1) is 14.0. The molecule has 1 aromatic carbocycles. The standard InChI is InChI=1S/C14H21N3O2/c15-10-13-11-17(8-9-19-13)7-6-14(18)16-12-4-2-1-3-5-12/h1-5,13H,6-11,15H2,(H,16,18). The second kappa shape index (κ2) is 7.23. The summed E-state index contributed by atoms with van der Waals surface area (Å²) in [6.07, 6.45) is 0.595. The zero-order chi connectivity index (χ0) is 13.5. The highest BCUT2D eigenvalue weighted by atomic mass is 16.5. The lowest BCUT2D eigenvalue weighted by Crippen LogP contribution is -2.46. The van der Waals surface area contributed by atoms with Crippen molar-refractivity contribution in [1.82, 2.24) is 4.90 Å². The maximum Gasteiger partial charge on any atom is 0.225 e. The first-order valence-corrected chi connectivity index (χ1v) is 6.67. The maximum absolute atomic E-state index is 11.8. The number of para-hydroxylation sites is 1. The molecule has 2 rings (SSSR count). The van der Waals surface area contributed by atoms with Crippen molar-refractivity contribution >= 4 is 11.6 Å². The van der Waals surface area contributed by atoms with Crippen molar-refractivity contribution in [2.24, 2.45) is 5.73 Å². The molecule has 0 spiro atoms. The number of nitrogens with zero attached hydrogens (tertiary/aromatic N) is 1. The average Bonchev–Trinajstić information content (AvgIpc) is 2.46. The van der Waals surface area contributed by atoms with E-state index in [1.807, 2.05) is 30.3 Å². The van der Waals surface area contributed by atoms with Gasteiger partial charge in [-0.2, -0.15) is 0 Å². The number of rotatable bonds is 5. The molecule has 104 valence electrons. The van der Waals surface area contributed by atoms with Crippen molar-refractivity contribution in [3.05, 3.63) is 30.3 Å². The van der Waals surface area contributed by atoms with E-state index in [4.69, 9.17) is 10.5 Å². The van der Waals surface area contributed by atoms with Gasteiger partial charge in [0.1, 0.15) is 0 Å². The summed E-state index contributed by atoms with van der Waals surface area (Å²) in [5.41, 5.74) is 6.43. The minimum atomic E-state index is 0.0435. The maximum atomic E-state index is 11.8. The van der Waals surface area contributed by atoms with E-state index in [9.17, 15) is 4.79 Å². The lowest BCUT2D eigenvalue weighted by atomic mass is 10.2. The number of hydrogen-bond acceptors (Lipinski definition) is 4. The Morgan fingerprint density at radius 2 is 2.21 bits per heavy atom. The fourth-order valence-electron chi connectivity index (χ4n) is 2.13. The third-order valence-electron chi connectivity index (χ3n) is 3.20. The van der Waals surface area contributed by atoms with Crippen LogP contribution < -0.4 is 11.1 Å². The summed E-state index contributed by atoms with van der Waals surface area (Å²) in [4.78, 5) is 14.0. The smallest absolute Gasteiger partial charge is 0.225 e. The van der Waals surface area contributed by atoms with Gasteiger partial charge in [0.2, 0.25) is 5.91 Å². The van der Waals surface area contributed by atoms with Gasteiger partial charge in [0.15, 0.2) is 0 Å². The number of morpholine rings is 1. The molecular formula is C14H21N3O2. The minimum Gasteiger partial charge on any atom is -0.374 e. The third-order valence-corrected chi connectivity index (χ3v) is 3.20. The normalized spacial score (nSPS) is 20.2. The van der Waals surface area contributed by atoms with E-state index < -0.39 is 0 Å². The first-order valence-electron chi connectivity index (χ1n) is 6.67. The van der Waals surface area contributed by atoms with Gasteiger partial charge >= 0.3 is 0 Å². The van der Waals surface area contributed by atoms with Gasteiger partial charge in [0, 0.05) is 38.3 Å². The summed E-state index contributed by atoms with van der Waals surface area (Å²) in [5, 5.41) is 2.89. The van der Waals surface area contributed by atoms with E-state index in [0.29, 0.717) is 19.6 Å². The van der Waals surface area contributed by atoms with Gasteiger partial charge in [0.05, 0.1) is 12.7 Å². The van der Waals surface area contributed by atoms with Crippen LogP contribution in [-0.2, 0) is 9.53 Å². The Morgan fingerprint density at radius 1 is 1.42 bits per heavy atom. The van der Waals surface area contributed by atoms with Crippen molar-refractivity contribution < 1.29 is 9.53 Å². The van der Waals surface area contributed by atoms with E-state index in [1.165, 1.54) is 0 Å². The summed E-state index contributed by atoms with van der Waals surface area (Å²) in [6.45, 7) is 3.66. The Morgan fingerprint density at radius 3 is 2.95 bits per heavy atom. The van der Waals surface area contributed by atoms with Gasteiger partial charge in [-0.1, -0.05) is 18.2 Å². The van der Waals surface area contributed by atoms with Crippen LogP contribution >= 0.6 is 0 Å². The van der Waals surface area contributed by atoms with Gasteiger partial charge in [0.25, 0.3) is 0 Å². The van der Waals surface area contributed by atoms with Crippen molar-refractivity contribution in [1.29, 1.82) is 0 Å². The van der Waals surface area contributed by atoms with Crippen LogP contribution in [-0.4, -0.2) is 49.7 Å². The summed E-state index contributed by atoms with van der Waals surface area (Å²) in [7, 11) is 0. The molecule has 1 aliphatic rings. The molecule has 1 atom stereocenters. The van der Waals surface area contributed by atoms with E-state index in [-0.39, 0.29) is 12.0 Å². The first-order chi connectivity index (χ1) is 9.28. The molecule has 3 N–H and O–H groups in total. The Labute approximate surface area is 113 Å². The predicted molar refractivity (Wildman–Crippen MR) is 74.9 cm³/mol. The van der Waals surface area contributed by atoms with Crippen molar-refractivity contribution in [3.63, 3.8) is 0 Å². The summed E-state index contributed by atoms with van der Waals surface area (Å²) >= 11 is 0. The highest BCUT2D eigenvalue weighted by Gasteiger charge is 2.19. The van der Waals surface area contributed by atoms with Gasteiger partial charge in [-0.15, -0.1) is 0 Å². The number of nitrogens with two attached hydrogens (primary N) is 1. The second-order valence-corrected chi connectivity index (χ2v) is 4.69. The van der Waals surface area contributed by atoms with E-state index >= 15 is 0 Å². The Kier molecular flexibility index (Phi) is 5.32. The molecule has 0 bridgehead atoms. The molecule has 1 saturated heterocycles. The highest BCUT2D eigenvalue weighted by molar-refractivity contribution is 5.90. The van der Waals surface area contributed by atoms with Crippen LogP contribution in [0.25, 0.3) is 0 Å². The second-order valence-electron chi connectivity index (χ2n) is 4.69. The fraction of sp³-hybridized carbons (Fsp3) is 0.500. The van der Waals surface area contributed by atoms with E-state index in [1.54, 1.807) is 0 Å². The zero-order valence-corrected chi connectivity index (χ0v) is 11.0. The van der Waals surface area contributed by atoms with Gasteiger partial charge < -0.3 is 15.8 Å². The Balaban J connectivity index is 1.71. The molecule has 0 aliphatic carbocycles. The predicted octanol–water partition coefficient (Wildman–Crippen LogP) is 0.675. The van der Waals surface area contributed by atoms with E-state index in [0.717, 1.165) is 25.3 Å². The van der Waals surface area contributed by atoms with Crippen molar-refractivity contribution in [3.8, 4) is 0 Å². The molecule has 5 nitrogen and oxygen atoms in total. The molecule has 0 aromatic heterocycles. The molecule has 1 aromatic rings. The SMILES string of the molecule is NCC1CN(CCC(=O)Nc2ccccc2)CCO1. The van der Waals surface area contributed by atoms with Gasteiger partial charge in [-0.05, 0) is 12.1 Å². The van der Waals surface area contributed by atoms with Crippen LogP contribution in [0.15, 0.2) is 30.3 Å². The molecular weight excluding hydrogens is 242 g/mol. The molecule has 1 amide bonds. The van der Waals surface area contributed by atoms with E-state index in [2.05, 4.69) is 10.2 Å². The number of anilines is 1. The molecule has 19 heavy (non-hydrogen) atoms. The Bertz CT molecular complexity index is 397. The van der Waals surface area contributed by atoms with Crippen molar-refractivity contribution in [2.75, 3.05) is 38.1 Å². The van der Waals surface area contributed by atoms with Crippen LogP contribution in [0, 0.1) is 0 Å².